The number of esters is 1. The first kappa shape index (κ1) is 65.2. The molecule has 0 rings (SSSR count). The van der Waals surface area contributed by atoms with E-state index in [1.807, 2.05) is 21.1 Å². The van der Waals surface area contributed by atoms with Crippen LogP contribution in [0.4, 0.5) is 0 Å². The van der Waals surface area contributed by atoms with Crippen molar-refractivity contribution in [2.45, 2.75) is 251 Å². The summed E-state index contributed by atoms with van der Waals surface area (Å²) in [5.41, 5.74) is 0. The molecule has 0 bridgehead atoms. The number of quaternary nitrogens is 1. The summed E-state index contributed by atoms with van der Waals surface area (Å²) in [5, 5.41) is 0. The molecular weight excluding hydrogens is 854 g/mol. The third-order valence-electron chi connectivity index (χ3n) is 12.1. The molecule has 2 unspecified atom stereocenters. The Balaban J connectivity index is 4.11. The Morgan fingerprint density at radius 2 is 0.866 bits per heavy atom. The van der Waals surface area contributed by atoms with E-state index in [1.54, 1.807) is 0 Å². The molecule has 0 N–H and O–H groups in total. The minimum absolute atomic E-state index is 0.0229. The number of hydrogen-bond acceptors (Lipinski definition) is 7. The Labute approximate surface area is 415 Å². The highest BCUT2D eigenvalue weighted by atomic mass is 31.2. The van der Waals surface area contributed by atoms with E-state index in [1.165, 1.54) is 148 Å². The maximum absolute atomic E-state index is 12.8. The van der Waals surface area contributed by atoms with Crippen LogP contribution in [0.5, 0.6) is 0 Å². The zero-order chi connectivity index (χ0) is 49.0. The molecule has 0 fully saturated rings. The van der Waals surface area contributed by atoms with Crippen molar-refractivity contribution in [1.29, 1.82) is 0 Å². The molecule has 8 nitrogen and oxygen atoms in total. The third-order valence-corrected chi connectivity index (χ3v) is 13.0. The van der Waals surface area contributed by atoms with E-state index in [0.717, 1.165) is 77.0 Å². The summed E-state index contributed by atoms with van der Waals surface area (Å²) in [6, 6.07) is 0. The second-order valence-corrected chi connectivity index (χ2v) is 21.3. The number of nitrogens with zero attached hydrogens (tertiary/aromatic N) is 1. The zero-order valence-electron chi connectivity index (χ0n) is 44.6. The van der Waals surface area contributed by atoms with Crippen molar-refractivity contribution in [2.75, 3.05) is 54.1 Å². The van der Waals surface area contributed by atoms with Crippen LogP contribution in [0.15, 0.2) is 60.8 Å². The Hall–Kier alpha value is -1.80. The first-order valence-corrected chi connectivity index (χ1v) is 29.5. The van der Waals surface area contributed by atoms with Gasteiger partial charge in [-0.25, -0.2) is 0 Å². The van der Waals surface area contributed by atoms with E-state index < -0.39 is 13.9 Å². The first-order valence-electron chi connectivity index (χ1n) is 28.0. The lowest BCUT2D eigenvalue weighted by Gasteiger charge is -2.28. The molecule has 0 spiro atoms. The number of likely N-dealkylation sites (N-methyl/N-ethyl adjacent to an activating group) is 1. The number of carbonyl (C=O) groups is 1. The van der Waals surface area contributed by atoms with Crippen LogP contribution in [0.3, 0.4) is 0 Å². The fourth-order valence-corrected chi connectivity index (χ4v) is 8.54. The van der Waals surface area contributed by atoms with E-state index in [2.05, 4.69) is 74.6 Å². The van der Waals surface area contributed by atoms with E-state index >= 15 is 0 Å². The summed E-state index contributed by atoms with van der Waals surface area (Å²) in [4.78, 5) is 25.2. The Bertz CT molecular complexity index is 1260. The minimum Gasteiger partial charge on any atom is -0.756 e. The zero-order valence-corrected chi connectivity index (χ0v) is 45.5. The predicted molar refractivity (Wildman–Crippen MR) is 286 cm³/mol. The maximum Gasteiger partial charge on any atom is 0.306 e. The quantitative estimate of drug-likeness (QED) is 0.0197. The van der Waals surface area contributed by atoms with Gasteiger partial charge in [0, 0.05) is 13.0 Å². The molecule has 0 aromatic rings. The van der Waals surface area contributed by atoms with Crippen LogP contribution in [0.1, 0.15) is 245 Å². The highest BCUT2D eigenvalue weighted by molar-refractivity contribution is 7.45. The number of allylic oxidation sites excluding steroid dienone is 10. The van der Waals surface area contributed by atoms with Crippen molar-refractivity contribution in [1.82, 2.24) is 0 Å². The summed E-state index contributed by atoms with van der Waals surface area (Å²) in [7, 11) is 1.35. The number of phosphoric acid groups is 1. The van der Waals surface area contributed by atoms with Crippen molar-refractivity contribution in [3.05, 3.63) is 60.8 Å². The van der Waals surface area contributed by atoms with Crippen molar-refractivity contribution in [3.8, 4) is 0 Å². The van der Waals surface area contributed by atoms with Crippen molar-refractivity contribution in [2.24, 2.45) is 0 Å². The molecule has 0 aliphatic rings. The number of carbonyl (C=O) groups excluding carboxylic acids is 1. The number of unbranched alkanes of at least 4 members (excludes halogenated alkanes) is 28. The summed E-state index contributed by atoms with van der Waals surface area (Å²) in [6.45, 7) is 5.32. The van der Waals surface area contributed by atoms with Gasteiger partial charge in [0.15, 0.2) is 0 Å². The van der Waals surface area contributed by atoms with Crippen molar-refractivity contribution in [3.63, 3.8) is 0 Å². The van der Waals surface area contributed by atoms with Gasteiger partial charge >= 0.3 is 5.97 Å². The fraction of sp³-hybridized carbons (Fsp3) is 0.810. The second-order valence-electron chi connectivity index (χ2n) is 19.9. The summed E-state index contributed by atoms with van der Waals surface area (Å²) in [5.74, 6) is -0.342. The van der Waals surface area contributed by atoms with Crippen LogP contribution in [-0.2, 0) is 27.9 Å². The lowest BCUT2D eigenvalue weighted by atomic mass is 10.0. The average Bonchev–Trinajstić information content (AvgIpc) is 3.29. The number of rotatable bonds is 52. The summed E-state index contributed by atoms with van der Waals surface area (Å²) < 4.78 is 34.8. The number of ether oxygens (including phenoxy) is 2. The van der Waals surface area contributed by atoms with Gasteiger partial charge in [-0.05, 0) is 57.8 Å². The minimum atomic E-state index is -4.54. The van der Waals surface area contributed by atoms with Crippen LogP contribution < -0.4 is 4.89 Å². The van der Waals surface area contributed by atoms with Crippen LogP contribution >= 0.6 is 7.82 Å². The Morgan fingerprint density at radius 1 is 0.478 bits per heavy atom. The smallest absolute Gasteiger partial charge is 0.306 e. The molecule has 0 saturated heterocycles. The van der Waals surface area contributed by atoms with Gasteiger partial charge in [0.1, 0.15) is 19.3 Å². The molecule has 0 aliphatic heterocycles. The standard InChI is InChI=1S/C58H108NO7P/c1-6-8-10-12-14-16-18-20-22-24-26-28-30-31-33-35-37-39-41-43-45-47-49-51-58(60)66-57(56-65-67(61,62)64-54-52-59(3,4)5)55-63-53-50-48-46-44-42-40-38-36-34-32-29-27-25-23-21-19-17-15-13-11-9-7-2/h8,10,14,16,20,22,26,28,31,33,57H,6-7,9,11-13,15,17-19,21,23-25,27,29-30,32,34-56H2,1-5H3/b10-8-,16-14-,22-20-,28-26-,33-31-. The lowest BCUT2D eigenvalue weighted by molar-refractivity contribution is -0.870. The topological polar surface area (TPSA) is 94.1 Å². The highest BCUT2D eigenvalue weighted by Gasteiger charge is 2.20. The van der Waals surface area contributed by atoms with E-state index in [-0.39, 0.29) is 25.8 Å². The Morgan fingerprint density at radius 3 is 1.30 bits per heavy atom. The van der Waals surface area contributed by atoms with Crippen LogP contribution in [-0.4, -0.2) is 70.7 Å². The first-order chi connectivity index (χ1) is 32.6. The third kappa shape index (κ3) is 55.0. The molecule has 0 heterocycles. The Kier molecular flexibility index (Phi) is 49.2. The van der Waals surface area contributed by atoms with Crippen LogP contribution in [0.25, 0.3) is 0 Å². The van der Waals surface area contributed by atoms with Gasteiger partial charge in [-0.15, -0.1) is 0 Å². The lowest BCUT2D eigenvalue weighted by Crippen LogP contribution is -2.37. The van der Waals surface area contributed by atoms with Crippen molar-refractivity contribution < 1.29 is 37.3 Å². The number of phosphoric ester groups is 1. The molecule has 9 heteroatoms. The van der Waals surface area contributed by atoms with E-state index in [9.17, 15) is 14.3 Å². The van der Waals surface area contributed by atoms with E-state index in [4.69, 9.17) is 18.5 Å². The largest absolute Gasteiger partial charge is 0.756 e. The van der Waals surface area contributed by atoms with E-state index in [0.29, 0.717) is 24.1 Å². The fourth-order valence-electron chi connectivity index (χ4n) is 7.81. The molecule has 0 amide bonds. The molecule has 0 aliphatic carbocycles. The van der Waals surface area contributed by atoms with Crippen LogP contribution in [0, 0.1) is 0 Å². The number of hydrogen-bond donors (Lipinski definition) is 0. The van der Waals surface area contributed by atoms with Crippen LogP contribution in [0.2, 0.25) is 0 Å². The highest BCUT2D eigenvalue weighted by Crippen LogP contribution is 2.38. The van der Waals surface area contributed by atoms with Gasteiger partial charge in [0.25, 0.3) is 7.82 Å². The summed E-state index contributed by atoms with van der Waals surface area (Å²) in [6.07, 6.45) is 65.4. The van der Waals surface area contributed by atoms with Gasteiger partial charge in [0.05, 0.1) is 34.4 Å². The molecule has 0 aromatic heterocycles. The average molecular weight is 962 g/mol. The normalized spacial score (nSPS) is 13.9. The monoisotopic (exact) mass is 962 g/mol. The molecule has 67 heavy (non-hydrogen) atoms. The van der Waals surface area contributed by atoms with Gasteiger partial charge in [-0.3, -0.25) is 9.36 Å². The van der Waals surface area contributed by atoms with Gasteiger partial charge in [0.2, 0.25) is 0 Å². The maximum atomic E-state index is 12.8. The van der Waals surface area contributed by atoms with Gasteiger partial charge in [-0.1, -0.05) is 242 Å². The summed E-state index contributed by atoms with van der Waals surface area (Å²) >= 11 is 0. The van der Waals surface area contributed by atoms with Gasteiger partial charge < -0.3 is 27.9 Å². The molecule has 0 saturated carbocycles. The SMILES string of the molecule is CC/C=C\C/C=C\C/C=C\C/C=C\C/C=C\CCCCCCCCCC(=O)OC(COCCCCCCCCCCCCCCCCCCCCCCCC)COP(=O)([O-])OCC[N+](C)(C)C. The molecule has 0 aromatic carbocycles. The van der Waals surface area contributed by atoms with Crippen molar-refractivity contribution >= 4 is 13.8 Å². The molecule has 0 radical (unpaired) electrons. The van der Waals surface area contributed by atoms with Gasteiger partial charge in [-0.2, -0.15) is 0 Å². The second kappa shape index (κ2) is 50.6. The predicted octanol–water partition coefficient (Wildman–Crippen LogP) is 17.0. The molecular formula is C58H108NO7P. The molecule has 2 atom stereocenters. The molecule has 392 valence electrons.